The quantitative estimate of drug-likeness (QED) is 0.148. The molecule has 1 aromatic heterocycles. The molecule has 0 bridgehead atoms. The van der Waals surface area contributed by atoms with Crippen molar-refractivity contribution in [1.82, 2.24) is 4.57 Å². The van der Waals surface area contributed by atoms with Gasteiger partial charge in [-0.15, -0.1) is 0 Å². The summed E-state index contributed by atoms with van der Waals surface area (Å²) >= 11 is 0. The molecular formula is C65H48N2. The van der Waals surface area contributed by atoms with Gasteiger partial charge in [0.2, 0.25) is 0 Å². The van der Waals surface area contributed by atoms with Crippen LogP contribution in [0.2, 0.25) is 0 Å². The highest BCUT2D eigenvalue weighted by atomic mass is 15.1. The zero-order chi connectivity index (χ0) is 44.3. The van der Waals surface area contributed by atoms with Crippen LogP contribution in [-0.2, 0) is 5.41 Å². The molecule has 0 aliphatic heterocycles. The Hall–Kier alpha value is -8.20. The average molecular weight is 857 g/mol. The molecule has 1 heterocycles. The van der Waals surface area contributed by atoms with E-state index >= 15 is 0 Å². The second kappa shape index (κ2) is 16.0. The van der Waals surface area contributed by atoms with Gasteiger partial charge in [0.25, 0.3) is 0 Å². The summed E-state index contributed by atoms with van der Waals surface area (Å²) in [5.74, 6) is 0.229. The molecule has 318 valence electrons. The van der Waals surface area contributed by atoms with Crippen LogP contribution in [0.15, 0.2) is 237 Å². The molecule has 0 saturated heterocycles. The highest BCUT2D eigenvalue weighted by Gasteiger charge is 2.49. The molecule has 9 aromatic carbocycles. The van der Waals surface area contributed by atoms with Crippen molar-refractivity contribution < 1.29 is 0 Å². The summed E-state index contributed by atoms with van der Waals surface area (Å²) in [6.45, 7) is 0. The maximum Gasteiger partial charge on any atom is 0.0546 e. The van der Waals surface area contributed by atoms with E-state index in [4.69, 9.17) is 0 Å². The number of nitrogens with zero attached hydrogens (tertiary/aromatic N) is 2. The van der Waals surface area contributed by atoms with E-state index in [2.05, 4.69) is 258 Å². The van der Waals surface area contributed by atoms with Crippen molar-refractivity contribution >= 4 is 50.9 Å². The molecule has 0 saturated carbocycles. The van der Waals surface area contributed by atoms with Crippen LogP contribution in [0, 0.1) is 5.92 Å². The second-order valence-corrected chi connectivity index (χ2v) is 18.2. The van der Waals surface area contributed by atoms with Gasteiger partial charge in [-0.2, -0.15) is 0 Å². The first-order valence-electron chi connectivity index (χ1n) is 23.8. The van der Waals surface area contributed by atoms with Crippen molar-refractivity contribution in [2.45, 2.75) is 24.7 Å². The van der Waals surface area contributed by atoms with E-state index in [1.807, 2.05) is 0 Å². The number of aromatic nitrogens is 1. The van der Waals surface area contributed by atoms with E-state index < -0.39 is 5.41 Å². The molecule has 3 aliphatic carbocycles. The van der Waals surface area contributed by atoms with Crippen LogP contribution in [0.1, 0.15) is 36.0 Å². The summed E-state index contributed by atoms with van der Waals surface area (Å²) in [7, 11) is 0. The fourth-order valence-corrected chi connectivity index (χ4v) is 11.8. The van der Waals surface area contributed by atoms with E-state index in [9.17, 15) is 0 Å². The van der Waals surface area contributed by atoms with Crippen molar-refractivity contribution in [3.05, 3.63) is 264 Å². The first-order valence-corrected chi connectivity index (χ1v) is 23.8. The van der Waals surface area contributed by atoms with Gasteiger partial charge in [0.05, 0.1) is 16.6 Å². The number of anilines is 3. The number of benzene rings is 9. The third-order valence-corrected chi connectivity index (χ3v) is 14.7. The third kappa shape index (κ3) is 6.24. The lowest BCUT2D eigenvalue weighted by atomic mass is 9.62. The van der Waals surface area contributed by atoms with Crippen LogP contribution in [-0.4, -0.2) is 4.57 Å². The summed E-state index contributed by atoms with van der Waals surface area (Å²) < 4.78 is 2.45. The number of allylic oxidation sites excluding steroid dienone is 4. The molecule has 2 atom stereocenters. The van der Waals surface area contributed by atoms with Crippen molar-refractivity contribution in [3.63, 3.8) is 0 Å². The van der Waals surface area contributed by atoms with Crippen molar-refractivity contribution in [2.24, 2.45) is 5.92 Å². The first kappa shape index (κ1) is 39.2. The lowest BCUT2D eigenvalue weighted by Crippen LogP contribution is -2.35. The predicted octanol–water partition coefficient (Wildman–Crippen LogP) is 15.4. The number of hydrogen-bond acceptors (Lipinski definition) is 1. The Morgan fingerprint density at radius 3 is 2.06 bits per heavy atom. The van der Waals surface area contributed by atoms with E-state index in [1.54, 1.807) is 0 Å². The van der Waals surface area contributed by atoms with Gasteiger partial charge in [0.1, 0.15) is 0 Å². The van der Waals surface area contributed by atoms with Crippen LogP contribution >= 0.6 is 0 Å². The monoisotopic (exact) mass is 856 g/mol. The zero-order valence-corrected chi connectivity index (χ0v) is 37.3. The summed E-state index contributed by atoms with van der Waals surface area (Å²) in [6.07, 6.45) is 17.2. The molecule has 0 radical (unpaired) electrons. The lowest BCUT2D eigenvalue weighted by Gasteiger charge is -2.40. The summed E-state index contributed by atoms with van der Waals surface area (Å²) in [5, 5.41) is 6.41. The van der Waals surface area contributed by atoms with E-state index in [0.717, 1.165) is 36.3 Å². The highest BCUT2D eigenvalue weighted by molar-refractivity contribution is 6.05. The Balaban J connectivity index is 1.01. The summed E-state index contributed by atoms with van der Waals surface area (Å²) in [4.78, 5) is 2.51. The molecule has 3 aliphatic rings. The van der Waals surface area contributed by atoms with Crippen LogP contribution in [0.3, 0.4) is 0 Å². The molecular weight excluding hydrogens is 809 g/mol. The Kier molecular flexibility index (Phi) is 9.39. The smallest absolute Gasteiger partial charge is 0.0546 e. The molecule has 0 spiro atoms. The largest absolute Gasteiger partial charge is 0.310 e. The van der Waals surface area contributed by atoms with Crippen LogP contribution in [0.25, 0.3) is 72.9 Å². The van der Waals surface area contributed by atoms with Gasteiger partial charge in [-0.1, -0.05) is 200 Å². The maximum absolute atomic E-state index is 2.52. The minimum absolute atomic E-state index is 0.229. The molecule has 0 fully saturated rings. The third-order valence-electron chi connectivity index (χ3n) is 14.7. The molecule has 0 amide bonds. The van der Waals surface area contributed by atoms with Crippen LogP contribution < -0.4 is 15.5 Å². The number of rotatable bonds is 8. The van der Waals surface area contributed by atoms with Gasteiger partial charge < -0.3 is 9.47 Å². The fraction of sp³-hybridized carbons (Fsp3) is 0.0769. The Morgan fingerprint density at radius 1 is 0.493 bits per heavy atom. The molecule has 2 unspecified atom stereocenters. The summed E-state index contributed by atoms with van der Waals surface area (Å²) in [6, 6.07) is 79.2. The van der Waals surface area contributed by atoms with Crippen molar-refractivity contribution in [1.29, 1.82) is 0 Å². The van der Waals surface area contributed by atoms with E-state index in [-0.39, 0.29) is 5.92 Å². The van der Waals surface area contributed by atoms with Gasteiger partial charge in [0, 0.05) is 38.6 Å². The van der Waals surface area contributed by atoms with Gasteiger partial charge in [-0.3, -0.25) is 0 Å². The van der Waals surface area contributed by atoms with Gasteiger partial charge in [-0.05, 0) is 129 Å². The topological polar surface area (TPSA) is 8.17 Å². The van der Waals surface area contributed by atoms with Gasteiger partial charge >= 0.3 is 0 Å². The molecule has 67 heavy (non-hydrogen) atoms. The van der Waals surface area contributed by atoms with Crippen LogP contribution in [0.5, 0.6) is 0 Å². The lowest BCUT2D eigenvalue weighted by molar-refractivity contribution is 0.457. The standard InChI is InChI=1S/C65H48N2/c1-4-20-47(21-5-1)64-54-28-11-10-19-46(54)37-42-63(64)66(51-38-35-45(36-39-51)48-22-18-27-52(43-48)67-61-33-16-13-30-57(61)58-31-14-17-34-62(58)67)53-40-41-56-55-29-12-15-32-59(55)65(60(56)44-53,49-23-6-2-7-24-49)50-25-8-3-9-26-50/h1-13,15-16,18-25,27-44,50H,14,17,26H2. The zero-order valence-electron chi connectivity index (χ0n) is 37.3. The van der Waals surface area contributed by atoms with Crippen LogP contribution in [0.4, 0.5) is 17.1 Å². The summed E-state index contributed by atoms with van der Waals surface area (Å²) in [5.41, 5.74) is 16.8. The molecule has 2 nitrogen and oxygen atoms in total. The predicted molar refractivity (Wildman–Crippen MR) is 282 cm³/mol. The normalized spacial score (nSPS) is 16.8. The van der Waals surface area contributed by atoms with Gasteiger partial charge in [0.15, 0.2) is 0 Å². The average Bonchev–Trinajstić information content (AvgIpc) is 3.90. The molecule has 10 aromatic rings. The Morgan fingerprint density at radius 2 is 1.21 bits per heavy atom. The van der Waals surface area contributed by atoms with E-state index in [1.165, 1.54) is 88.0 Å². The molecule has 0 N–H and O–H groups in total. The Bertz CT molecular complexity index is 3720. The molecule has 2 heteroatoms. The minimum Gasteiger partial charge on any atom is -0.310 e. The highest BCUT2D eigenvalue weighted by Crippen LogP contribution is 2.59. The van der Waals surface area contributed by atoms with Crippen molar-refractivity contribution in [2.75, 3.05) is 4.90 Å². The number of hydrogen-bond donors (Lipinski definition) is 0. The fourth-order valence-electron chi connectivity index (χ4n) is 11.8. The Labute approximate surface area is 392 Å². The second-order valence-electron chi connectivity index (χ2n) is 18.2. The SMILES string of the molecule is C1=CCC(C2(c3ccccc3)c3ccccc3-c3ccc(N(c4ccc(-c5cccc(-n6c7c(c8ccccc86)=CCCC=7)c5)cc4)c4ccc5ccccc5c4-c4ccccc4)cc32)C=C1. The number of para-hydroxylation sites is 1. The molecule has 13 rings (SSSR count). The minimum atomic E-state index is -0.392. The van der Waals surface area contributed by atoms with Gasteiger partial charge in [-0.25, -0.2) is 0 Å². The van der Waals surface area contributed by atoms with Crippen molar-refractivity contribution in [3.8, 4) is 39.1 Å². The number of fused-ring (bicyclic) bond motifs is 7. The maximum atomic E-state index is 2.52. The van der Waals surface area contributed by atoms with E-state index in [0.29, 0.717) is 0 Å². The first-order chi connectivity index (χ1) is 33.3.